The molecule has 142 valence electrons. The number of benzene rings is 1. The summed E-state index contributed by atoms with van der Waals surface area (Å²) in [5.74, 6) is -0.0761. The maximum Gasteiger partial charge on any atom is 0.224 e. The number of amides is 2. The molecule has 2 aliphatic heterocycles. The SMILES string of the molecule is CNC(=O)[C@@H](CCCc1ccccc1)C1NCC2CNCC(C(N)=O)C21. The van der Waals surface area contributed by atoms with Gasteiger partial charge in [0, 0.05) is 19.6 Å². The third kappa shape index (κ3) is 4.07. The van der Waals surface area contributed by atoms with E-state index in [0.29, 0.717) is 12.5 Å². The molecule has 1 aromatic rings. The van der Waals surface area contributed by atoms with E-state index in [0.717, 1.165) is 32.4 Å². The van der Waals surface area contributed by atoms with Gasteiger partial charge < -0.3 is 21.7 Å². The molecule has 6 nitrogen and oxygen atoms in total. The van der Waals surface area contributed by atoms with E-state index in [1.54, 1.807) is 7.05 Å². The van der Waals surface area contributed by atoms with Crippen LogP contribution in [0.25, 0.3) is 0 Å². The maximum atomic E-state index is 12.6. The molecule has 0 aromatic heterocycles. The minimum absolute atomic E-state index is 0.00956. The minimum Gasteiger partial charge on any atom is -0.369 e. The third-order valence-electron chi connectivity index (χ3n) is 6.02. The van der Waals surface area contributed by atoms with Crippen molar-refractivity contribution in [1.82, 2.24) is 16.0 Å². The minimum atomic E-state index is -0.263. The molecule has 0 bridgehead atoms. The van der Waals surface area contributed by atoms with Crippen LogP contribution in [0.3, 0.4) is 0 Å². The van der Waals surface area contributed by atoms with Crippen molar-refractivity contribution in [2.24, 2.45) is 29.4 Å². The van der Waals surface area contributed by atoms with Crippen LogP contribution >= 0.6 is 0 Å². The molecule has 2 fully saturated rings. The molecule has 0 aliphatic carbocycles. The zero-order chi connectivity index (χ0) is 18.5. The monoisotopic (exact) mass is 358 g/mol. The molecular formula is C20H30N4O2. The summed E-state index contributed by atoms with van der Waals surface area (Å²) in [7, 11) is 1.69. The standard InChI is InChI=1S/C20H30N4O2/c1-22-20(26)15(9-5-8-13-6-3-2-4-7-13)18-17-14(11-24-18)10-23-12-16(17)19(21)25/h2-4,6-7,14-18,23-24H,5,8-12H2,1H3,(H2,21,25)(H,22,26)/t14?,15-,16?,17?,18?/m0/s1. The van der Waals surface area contributed by atoms with Gasteiger partial charge in [0.15, 0.2) is 0 Å². The van der Waals surface area contributed by atoms with E-state index in [4.69, 9.17) is 5.73 Å². The number of hydrogen-bond donors (Lipinski definition) is 4. The van der Waals surface area contributed by atoms with Gasteiger partial charge in [0.05, 0.1) is 11.8 Å². The predicted octanol–water partition coefficient (Wildman–Crippen LogP) is 0.280. The molecule has 5 N–H and O–H groups in total. The van der Waals surface area contributed by atoms with Crippen molar-refractivity contribution in [2.75, 3.05) is 26.7 Å². The zero-order valence-electron chi connectivity index (χ0n) is 15.4. The maximum absolute atomic E-state index is 12.6. The van der Waals surface area contributed by atoms with Gasteiger partial charge in [-0.05, 0) is 49.8 Å². The van der Waals surface area contributed by atoms with Crippen molar-refractivity contribution in [2.45, 2.75) is 25.3 Å². The number of carbonyl (C=O) groups excluding carboxylic acids is 2. The Labute approximate surface area is 155 Å². The van der Waals surface area contributed by atoms with E-state index in [1.165, 1.54) is 5.56 Å². The number of carbonyl (C=O) groups is 2. The fourth-order valence-electron chi connectivity index (χ4n) is 4.73. The van der Waals surface area contributed by atoms with Crippen LogP contribution in [0.15, 0.2) is 30.3 Å². The van der Waals surface area contributed by atoms with Crippen LogP contribution in [0.5, 0.6) is 0 Å². The van der Waals surface area contributed by atoms with Crippen molar-refractivity contribution < 1.29 is 9.59 Å². The number of primary amides is 1. The van der Waals surface area contributed by atoms with E-state index in [2.05, 4.69) is 28.1 Å². The lowest BCUT2D eigenvalue weighted by Crippen LogP contribution is -2.53. The molecule has 3 rings (SSSR count). The van der Waals surface area contributed by atoms with E-state index < -0.39 is 0 Å². The molecule has 2 amide bonds. The third-order valence-corrected chi connectivity index (χ3v) is 6.02. The van der Waals surface area contributed by atoms with Crippen LogP contribution < -0.4 is 21.7 Å². The van der Waals surface area contributed by atoms with Crippen molar-refractivity contribution >= 4 is 11.8 Å². The van der Waals surface area contributed by atoms with E-state index >= 15 is 0 Å². The first-order chi connectivity index (χ1) is 12.6. The molecule has 6 heteroatoms. The highest BCUT2D eigenvalue weighted by atomic mass is 16.2. The van der Waals surface area contributed by atoms with Gasteiger partial charge in [-0.2, -0.15) is 0 Å². The Morgan fingerprint density at radius 3 is 2.69 bits per heavy atom. The van der Waals surface area contributed by atoms with Gasteiger partial charge in [0.25, 0.3) is 0 Å². The average Bonchev–Trinajstić information content (AvgIpc) is 3.09. The molecule has 1 aromatic carbocycles. The molecule has 5 atom stereocenters. The summed E-state index contributed by atoms with van der Waals surface area (Å²) < 4.78 is 0. The first kappa shape index (κ1) is 18.9. The molecule has 0 spiro atoms. The van der Waals surface area contributed by atoms with E-state index in [9.17, 15) is 9.59 Å². The normalized spacial score (nSPS) is 29.0. The second-order valence-corrected chi connectivity index (χ2v) is 7.54. The number of rotatable bonds is 7. The highest BCUT2D eigenvalue weighted by molar-refractivity contribution is 5.80. The number of nitrogens with two attached hydrogens (primary N) is 1. The number of hydrogen-bond acceptors (Lipinski definition) is 4. The van der Waals surface area contributed by atoms with Gasteiger partial charge in [-0.3, -0.25) is 9.59 Å². The summed E-state index contributed by atoms with van der Waals surface area (Å²) in [6.45, 7) is 2.32. The Morgan fingerprint density at radius 2 is 2.00 bits per heavy atom. The number of piperidine rings is 1. The molecule has 26 heavy (non-hydrogen) atoms. The van der Waals surface area contributed by atoms with Crippen molar-refractivity contribution in [3.8, 4) is 0 Å². The summed E-state index contributed by atoms with van der Waals surface area (Å²) in [6, 6.07) is 10.3. The van der Waals surface area contributed by atoms with Gasteiger partial charge in [-0.1, -0.05) is 30.3 Å². The van der Waals surface area contributed by atoms with Gasteiger partial charge >= 0.3 is 0 Å². The quantitative estimate of drug-likeness (QED) is 0.563. The van der Waals surface area contributed by atoms with Crippen molar-refractivity contribution in [3.63, 3.8) is 0 Å². The Bertz CT molecular complexity index is 621. The second-order valence-electron chi connectivity index (χ2n) is 7.54. The number of nitrogens with one attached hydrogen (secondary N) is 3. The Balaban J connectivity index is 1.70. The largest absolute Gasteiger partial charge is 0.369 e. The topological polar surface area (TPSA) is 96.2 Å². The van der Waals surface area contributed by atoms with Crippen LogP contribution in [0.1, 0.15) is 18.4 Å². The Hall–Kier alpha value is -1.92. The fourth-order valence-corrected chi connectivity index (χ4v) is 4.73. The highest BCUT2D eigenvalue weighted by Gasteiger charge is 2.48. The van der Waals surface area contributed by atoms with Crippen LogP contribution in [0, 0.1) is 23.7 Å². The van der Waals surface area contributed by atoms with Gasteiger partial charge in [-0.15, -0.1) is 0 Å². The van der Waals surface area contributed by atoms with Crippen molar-refractivity contribution in [1.29, 1.82) is 0 Å². The summed E-state index contributed by atoms with van der Waals surface area (Å²) >= 11 is 0. The molecule has 2 saturated heterocycles. The molecule has 2 aliphatic rings. The Kier molecular flexibility index (Phi) is 6.27. The summed E-state index contributed by atoms with van der Waals surface area (Å²) in [6.07, 6.45) is 2.70. The molecular weight excluding hydrogens is 328 g/mol. The summed E-state index contributed by atoms with van der Waals surface area (Å²) in [5.41, 5.74) is 6.95. The predicted molar refractivity (Wildman–Crippen MR) is 101 cm³/mol. The van der Waals surface area contributed by atoms with Crippen molar-refractivity contribution in [3.05, 3.63) is 35.9 Å². The highest BCUT2D eigenvalue weighted by Crippen LogP contribution is 2.37. The summed E-state index contributed by atoms with van der Waals surface area (Å²) in [5, 5.41) is 9.67. The lowest BCUT2D eigenvalue weighted by atomic mass is 9.72. The van der Waals surface area contributed by atoms with Crippen LogP contribution in [-0.2, 0) is 16.0 Å². The van der Waals surface area contributed by atoms with Crippen LogP contribution in [0.4, 0.5) is 0 Å². The Morgan fingerprint density at radius 1 is 1.23 bits per heavy atom. The first-order valence-corrected chi connectivity index (χ1v) is 9.60. The first-order valence-electron chi connectivity index (χ1n) is 9.60. The second kappa shape index (κ2) is 8.64. The zero-order valence-corrected chi connectivity index (χ0v) is 15.4. The molecule has 4 unspecified atom stereocenters. The average molecular weight is 358 g/mol. The lowest BCUT2D eigenvalue weighted by Gasteiger charge is -2.37. The number of aryl methyl sites for hydroxylation is 1. The smallest absolute Gasteiger partial charge is 0.224 e. The van der Waals surface area contributed by atoms with Gasteiger partial charge in [-0.25, -0.2) is 0 Å². The lowest BCUT2D eigenvalue weighted by molar-refractivity contribution is -0.129. The van der Waals surface area contributed by atoms with Gasteiger partial charge in [0.2, 0.25) is 11.8 Å². The van der Waals surface area contributed by atoms with E-state index in [-0.39, 0.29) is 35.6 Å². The fraction of sp³-hybridized carbons (Fsp3) is 0.600. The molecule has 0 saturated carbocycles. The molecule has 2 heterocycles. The van der Waals surface area contributed by atoms with Gasteiger partial charge in [0.1, 0.15) is 0 Å². The summed E-state index contributed by atoms with van der Waals surface area (Å²) in [4.78, 5) is 24.6. The number of fused-ring (bicyclic) bond motifs is 1. The van der Waals surface area contributed by atoms with E-state index in [1.807, 2.05) is 18.2 Å². The van der Waals surface area contributed by atoms with Crippen LogP contribution in [0.2, 0.25) is 0 Å². The molecule has 0 radical (unpaired) electrons. The van der Waals surface area contributed by atoms with Crippen LogP contribution in [-0.4, -0.2) is 44.5 Å².